The predicted molar refractivity (Wildman–Crippen MR) is 84.8 cm³/mol. The standard InChI is InChI=1S/C17H26N2O2/c1-17(6-10-20-11-7-17)18-14-15-2-4-16(5-3-15)19-8-12-21-13-9-19/h2-5,18H,6-14H2,1H3. The summed E-state index contributed by atoms with van der Waals surface area (Å²) in [7, 11) is 0. The first-order chi connectivity index (χ1) is 10.3. The molecule has 1 N–H and O–H groups in total. The Hall–Kier alpha value is -1.10. The van der Waals surface area contributed by atoms with Crippen LogP contribution in [0.15, 0.2) is 24.3 Å². The fraction of sp³-hybridized carbons (Fsp3) is 0.647. The van der Waals surface area contributed by atoms with E-state index in [0.29, 0.717) is 0 Å². The highest BCUT2D eigenvalue weighted by Gasteiger charge is 2.26. The van der Waals surface area contributed by atoms with E-state index in [2.05, 4.69) is 41.4 Å². The van der Waals surface area contributed by atoms with Crippen molar-refractivity contribution >= 4 is 5.69 Å². The number of ether oxygens (including phenoxy) is 2. The van der Waals surface area contributed by atoms with Gasteiger partial charge in [-0.05, 0) is 37.5 Å². The van der Waals surface area contributed by atoms with Crippen molar-refractivity contribution < 1.29 is 9.47 Å². The van der Waals surface area contributed by atoms with E-state index in [0.717, 1.165) is 58.9 Å². The molecule has 0 bridgehead atoms. The molecule has 4 nitrogen and oxygen atoms in total. The summed E-state index contributed by atoms with van der Waals surface area (Å²) in [6, 6.07) is 8.93. The van der Waals surface area contributed by atoms with Gasteiger partial charge in [-0.15, -0.1) is 0 Å². The van der Waals surface area contributed by atoms with Gasteiger partial charge in [0.25, 0.3) is 0 Å². The van der Waals surface area contributed by atoms with Gasteiger partial charge in [-0.2, -0.15) is 0 Å². The maximum absolute atomic E-state index is 5.44. The molecule has 0 spiro atoms. The summed E-state index contributed by atoms with van der Waals surface area (Å²) in [5.74, 6) is 0. The summed E-state index contributed by atoms with van der Waals surface area (Å²) in [6.45, 7) is 8.65. The summed E-state index contributed by atoms with van der Waals surface area (Å²) in [5, 5.41) is 3.70. The quantitative estimate of drug-likeness (QED) is 0.921. The van der Waals surface area contributed by atoms with Gasteiger partial charge in [0.15, 0.2) is 0 Å². The van der Waals surface area contributed by atoms with Crippen molar-refractivity contribution in [2.24, 2.45) is 0 Å². The van der Waals surface area contributed by atoms with E-state index in [1.54, 1.807) is 0 Å². The molecule has 0 aliphatic carbocycles. The highest BCUT2D eigenvalue weighted by atomic mass is 16.5. The van der Waals surface area contributed by atoms with Crippen LogP contribution >= 0.6 is 0 Å². The third kappa shape index (κ3) is 3.96. The van der Waals surface area contributed by atoms with Gasteiger partial charge in [0.2, 0.25) is 0 Å². The fourth-order valence-electron chi connectivity index (χ4n) is 2.96. The van der Waals surface area contributed by atoms with Crippen molar-refractivity contribution in [3.63, 3.8) is 0 Å². The zero-order chi connectivity index (χ0) is 14.5. The number of nitrogens with zero attached hydrogens (tertiary/aromatic N) is 1. The molecule has 2 fully saturated rings. The fourth-order valence-corrected chi connectivity index (χ4v) is 2.96. The van der Waals surface area contributed by atoms with E-state index in [9.17, 15) is 0 Å². The van der Waals surface area contributed by atoms with Crippen molar-refractivity contribution in [2.45, 2.75) is 31.8 Å². The molecule has 21 heavy (non-hydrogen) atoms. The van der Waals surface area contributed by atoms with Gasteiger partial charge in [0.1, 0.15) is 0 Å². The highest BCUT2D eigenvalue weighted by Crippen LogP contribution is 2.21. The summed E-state index contributed by atoms with van der Waals surface area (Å²) >= 11 is 0. The molecule has 2 saturated heterocycles. The molecule has 1 aromatic carbocycles. The second kappa shape index (κ2) is 6.77. The van der Waals surface area contributed by atoms with Crippen LogP contribution < -0.4 is 10.2 Å². The molecular weight excluding hydrogens is 264 g/mol. The maximum Gasteiger partial charge on any atom is 0.0642 e. The second-order valence-electron chi connectivity index (χ2n) is 6.29. The van der Waals surface area contributed by atoms with E-state index >= 15 is 0 Å². The molecule has 0 aromatic heterocycles. The Balaban J connectivity index is 1.54. The molecule has 0 amide bonds. The lowest BCUT2D eigenvalue weighted by Gasteiger charge is -2.34. The molecule has 0 atom stereocenters. The number of morpholine rings is 1. The van der Waals surface area contributed by atoms with E-state index in [1.165, 1.54) is 11.3 Å². The van der Waals surface area contributed by atoms with Crippen LogP contribution in [0.5, 0.6) is 0 Å². The Morgan fingerprint density at radius 3 is 2.29 bits per heavy atom. The smallest absolute Gasteiger partial charge is 0.0642 e. The summed E-state index contributed by atoms with van der Waals surface area (Å²) < 4.78 is 10.8. The molecule has 4 heteroatoms. The second-order valence-corrected chi connectivity index (χ2v) is 6.29. The highest BCUT2D eigenvalue weighted by molar-refractivity contribution is 5.47. The van der Waals surface area contributed by atoms with Crippen molar-refractivity contribution in [3.05, 3.63) is 29.8 Å². The van der Waals surface area contributed by atoms with Crippen LogP contribution in [-0.4, -0.2) is 45.1 Å². The maximum atomic E-state index is 5.44. The predicted octanol–water partition coefficient (Wildman–Crippen LogP) is 2.18. The normalized spacial score (nSPS) is 22.2. The molecular formula is C17H26N2O2. The Morgan fingerprint density at radius 2 is 1.62 bits per heavy atom. The number of nitrogens with one attached hydrogen (secondary N) is 1. The largest absolute Gasteiger partial charge is 0.381 e. The number of benzene rings is 1. The molecule has 2 heterocycles. The van der Waals surface area contributed by atoms with Crippen LogP contribution in [0.2, 0.25) is 0 Å². The third-order valence-electron chi connectivity index (χ3n) is 4.63. The van der Waals surface area contributed by atoms with Crippen molar-refractivity contribution in [1.82, 2.24) is 5.32 Å². The molecule has 3 rings (SSSR count). The van der Waals surface area contributed by atoms with Crippen LogP contribution in [0.1, 0.15) is 25.3 Å². The third-order valence-corrected chi connectivity index (χ3v) is 4.63. The molecule has 0 unspecified atom stereocenters. The van der Waals surface area contributed by atoms with Crippen LogP contribution in [0.4, 0.5) is 5.69 Å². The van der Waals surface area contributed by atoms with Crippen LogP contribution in [0, 0.1) is 0 Å². The number of hydrogen-bond acceptors (Lipinski definition) is 4. The number of anilines is 1. The Labute approximate surface area is 127 Å². The van der Waals surface area contributed by atoms with Crippen LogP contribution in [0.3, 0.4) is 0 Å². The number of hydrogen-bond donors (Lipinski definition) is 1. The van der Waals surface area contributed by atoms with E-state index in [4.69, 9.17) is 9.47 Å². The Bertz CT molecular complexity index is 435. The van der Waals surface area contributed by atoms with Crippen molar-refractivity contribution in [2.75, 3.05) is 44.4 Å². The summed E-state index contributed by atoms with van der Waals surface area (Å²) in [5.41, 5.74) is 2.88. The number of rotatable bonds is 4. The first-order valence-electron chi connectivity index (χ1n) is 8.00. The minimum absolute atomic E-state index is 0.223. The molecule has 116 valence electrons. The van der Waals surface area contributed by atoms with E-state index in [1.807, 2.05) is 0 Å². The van der Waals surface area contributed by atoms with E-state index < -0.39 is 0 Å². The summed E-state index contributed by atoms with van der Waals surface area (Å²) in [6.07, 6.45) is 2.19. The molecule has 2 aliphatic rings. The molecule has 0 radical (unpaired) electrons. The zero-order valence-corrected chi connectivity index (χ0v) is 12.9. The van der Waals surface area contributed by atoms with Gasteiger partial charge in [0.05, 0.1) is 13.2 Å². The van der Waals surface area contributed by atoms with Gasteiger partial charge in [-0.3, -0.25) is 0 Å². The lowest BCUT2D eigenvalue weighted by Crippen LogP contribution is -2.46. The van der Waals surface area contributed by atoms with Gasteiger partial charge in [-0.25, -0.2) is 0 Å². The summed E-state index contributed by atoms with van der Waals surface area (Å²) in [4.78, 5) is 2.39. The Kier molecular flexibility index (Phi) is 4.78. The lowest BCUT2D eigenvalue weighted by atomic mass is 9.92. The monoisotopic (exact) mass is 290 g/mol. The van der Waals surface area contributed by atoms with Crippen molar-refractivity contribution in [1.29, 1.82) is 0 Å². The first kappa shape index (κ1) is 14.8. The topological polar surface area (TPSA) is 33.7 Å². The average Bonchev–Trinajstić information content (AvgIpc) is 2.55. The molecule has 1 aromatic rings. The minimum atomic E-state index is 0.223. The first-order valence-corrected chi connectivity index (χ1v) is 8.00. The van der Waals surface area contributed by atoms with Gasteiger partial charge in [0, 0.05) is 44.1 Å². The zero-order valence-electron chi connectivity index (χ0n) is 12.9. The molecule has 2 aliphatic heterocycles. The average molecular weight is 290 g/mol. The SMILES string of the molecule is CC1(NCc2ccc(N3CCOCC3)cc2)CCOCC1. The van der Waals surface area contributed by atoms with Gasteiger partial charge in [-0.1, -0.05) is 12.1 Å². The van der Waals surface area contributed by atoms with E-state index in [-0.39, 0.29) is 5.54 Å². The van der Waals surface area contributed by atoms with Gasteiger partial charge >= 0.3 is 0 Å². The van der Waals surface area contributed by atoms with Crippen molar-refractivity contribution in [3.8, 4) is 0 Å². The lowest BCUT2D eigenvalue weighted by molar-refractivity contribution is 0.0446. The Morgan fingerprint density at radius 1 is 1.00 bits per heavy atom. The minimum Gasteiger partial charge on any atom is -0.381 e. The van der Waals surface area contributed by atoms with Gasteiger partial charge < -0.3 is 19.7 Å². The van der Waals surface area contributed by atoms with Crippen LogP contribution in [-0.2, 0) is 16.0 Å². The molecule has 0 saturated carbocycles. The van der Waals surface area contributed by atoms with Crippen LogP contribution in [0.25, 0.3) is 0 Å².